The molecule has 0 bridgehead atoms. The maximum atomic E-state index is 13.3. The molecule has 1 aliphatic rings. The van der Waals surface area contributed by atoms with Crippen LogP contribution in [0.4, 0.5) is 15.8 Å². The van der Waals surface area contributed by atoms with Gasteiger partial charge in [-0.2, -0.15) is 5.26 Å². The molecule has 0 unspecified atom stereocenters. The Morgan fingerprint density at radius 2 is 1.92 bits per heavy atom. The molecular weight excluding hydrogens is 503 g/mol. The van der Waals surface area contributed by atoms with Crippen molar-refractivity contribution in [1.82, 2.24) is 5.32 Å². The van der Waals surface area contributed by atoms with Gasteiger partial charge in [-0.3, -0.25) is 9.59 Å². The molecule has 182 valence electrons. The molecule has 36 heavy (non-hydrogen) atoms. The summed E-state index contributed by atoms with van der Waals surface area (Å²) in [7, 11) is 0. The number of halogens is 2. The van der Waals surface area contributed by atoms with Gasteiger partial charge in [-0.25, -0.2) is 4.39 Å². The van der Waals surface area contributed by atoms with Crippen molar-refractivity contribution in [3.05, 3.63) is 105 Å². The van der Waals surface area contributed by atoms with Gasteiger partial charge < -0.3 is 20.4 Å². The lowest BCUT2D eigenvalue weighted by Crippen LogP contribution is -2.31. The van der Waals surface area contributed by atoms with E-state index in [1.165, 1.54) is 30.5 Å². The summed E-state index contributed by atoms with van der Waals surface area (Å²) in [6.45, 7) is 1.70. The van der Waals surface area contributed by atoms with Gasteiger partial charge in [-0.1, -0.05) is 29.4 Å². The Morgan fingerprint density at radius 1 is 1.14 bits per heavy atom. The summed E-state index contributed by atoms with van der Waals surface area (Å²) >= 11 is 7.11. The van der Waals surface area contributed by atoms with Gasteiger partial charge in [0.2, 0.25) is 5.91 Å². The Balaban J connectivity index is 1.57. The van der Waals surface area contributed by atoms with Crippen LogP contribution in [0.2, 0.25) is 5.02 Å². The fourth-order valence-corrected chi connectivity index (χ4v) is 4.78. The molecule has 0 spiro atoms. The second kappa shape index (κ2) is 11.2. The molecule has 0 saturated heterocycles. The summed E-state index contributed by atoms with van der Waals surface area (Å²) in [6.07, 6.45) is 1.46. The van der Waals surface area contributed by atoms with E-state index in [0.717, 1.165) is 11.8 Å². The van der Waals surface area contributed by atoms with Crippen molar-refractivity contribution in [2.24, 2.45) is 0 Å². The quantitative estimate of drug-likeness (QED) is 0.363. The molecule has 0 radical (unpaired) electrons. The molecule has 1 aromatic heterocycles. The van der Waals surface area contributed by atoms with Crippen molar-refractivity contribution in [3.8, 4) is 6.07 Å². The van der Waals surface area contributed by atoms with Crippen molar-refractivity contribution in [2.75, 3.05) is 16.4 Å². The molecule has 4 rings (SSSR count). The molecule has 0 fully saturated rings. The number of nitrogens with one attached hydrogen (secondary N) is 3. The number of furan rings is 1. The smallest absolute Gasteiger partial charge is 0.254 e. The van der Waals surface area contributed by atoms with Crippen LogP contribution in [-0.2, 0) is 9.59 Å². The number of nitriles is 1. The zero-order valence-corrected chi connectivity index (χ0v) is 20.5. The highest BCUT2D eigenvalue weighted by Gasteiger charge is 2.36. The van der Waals surface area contributed by atoms with E-state index >= 15 is 0 Å². The highest BCUT2D eigenvalue weighted by atomic mass is 35.5. The number of allylic oxidation sites excluding steroid dienone is 2. The normalized spacial score (nSPS) is 15.2. The predicted octanol–water partition coefficient (Wildman–Crippen LogP) is 5.78. The van der Waals surface area contributed by atoms with E-state index in [-0.39, 0.29) is 22.8 Å². The van der Waals surface area contributed by atoms with Gasteiger partial charge in [0.15, 0.2) is 0 Å². The number of hydrogen-bond donors (Lipinski definition) is 3. The third-order valence-electron chi connectivity index (χ3n) is 5.28. The molecule has 3 aromatic rings. The molecule has 2 amide bonds. The van der Waals surface area contributed by atoms with Crippen LogP contribution in [0.3, 0.4) is 0 Å². The first kappa shape index (κ1) is 25.1. The Morgan fingerprint density at radius 3 is 2.58 bits per heavy atom. The Hall–Kier alpha value is -4.00. The molecule has 0 aliphatic carbocycles. The molecule has 3 N–H and O–H groups in total. The Labute approximate surface area is 216 Å². The molecule has 2 aromatic carbocycles. The van der Waals surface area contributed by atoms with Gasteiger partial charge in [0.25, 0.3) is 5.91 Å². The van der Waals surface area contributed by atoms with Gasteiger partial charge in [-0.05, 0) is 61.5 Å². The van der Waals surface area contributed by atoms with Gasteiger partial charge in [0, 0.05) is 22.1 Å². The Bertz CT molecular complexity index is 1400. The minimum Gasteiger partial charge on any atom is -0.468 e. The molecule has 1 atom stereocenters. The van der Waals surface area contributed by atoms with Crippen LogP contribution >= 0.6 is 23.4 Å². The van der Waals surface area contributed by atoms with Gasteiger partial charge in [0.05, 0.1) is 40.2 Å². The number of anilines is 2. The fraction of sp³-hybridized carbons (Fsp3) is 0.115. The number of thioether (sulfide) groups is 1. The summed E-state index contributed by atoms with van der Waals surface area (Å²) in [6, 6.07) is 17.7. The highest BCUT2D eigenvalue weighted by Crippen LogP contribution is 2.41. The highest BCUT2D eigenvalue weighted by molar-refractivity contribution is 8.03. The molecule has 7 nitrogen and oxygen atoms in total. The van der Waals surface area contributed by atoms with Crippen molar-refractivity contribution in [2.45, 2.75) is 12.8 Å². The van der Waals surface area contributed by atoms with Gasteiger partial charge >= 0.3 is 0 Å². The van der Waals surface area contributed by atoms with E-state index in [1.54, 1.807) is 43.3 Å². The van der Waals surface area contributed by atoms with Crippen molar-refractivity contribution in [1.29, 1.82) is 5.26 Å². The second-order valence-corrected chi connectivity index (χ2v) is 9.20. The zero-order chi connectivity index (χ0) is 25.7. The van der Waals surface area contributed by atoms with Crippen molar-refractivity contribution in [3.63, 3.8) is 0 Å². The van der Waals surface area contributed by atoms with E-state index in [1.807, 2.05) is 0 Å². The summed E-state index contributed by atoms with van der Waals surface area (Å²) in [4.78, 5) is 25.8. The number of benzene rings is 2. The van der Waals surface area contributed by atoms with Gasteiger partial charge in [0.1, 0.15) is 11.6 Å². The average Bonchev–Trinajstić information content (AvgIpc) is 3.38. The van der Waals surface area contributed by atoms with Gasteiger partial charge in [-0.15, -0.1) is 0 Å². The predicted molar refractivity (Wildman–Crippen MR) is 137 cm³/mol. The maximum absolute atomic E-state index is 13.3. The lowest BCUT2D eigenvalue weighted by Gasteiger charge is -2.28. The number of hydrogen-bond acceptors (Lipinski definition) is 6. The second-order valence-electron chi connectivity index (χ2n) is 7.77. The summed E-state index contributed by atoms with van der Waals surface area (Å²) in [5.74, 6) is -1.57. The first-order chi connectivity index (χ1) is 17.4. The molecule has 0 saturated carbocycles. The third-order valence-corrected chi connectivity index (χ3v) is 6.53. The third kappa shape index (κ3) is 5.79. The molecule has 2 heterocycles. The number of amides is 2. The number of nitrogens with zero attached hydrogens (tertiary/aromatic N) is 1. The minimum absolute atomic E-state index is 0.00922. The fourth-order valence-electron chi connectivity index (χ4n) is 3.70. The van der Waals surface area contributed by atoms with Crippen LogP contribution in [0.15, 0.2) is 93.2 Å². The maximum Gasteiger partial charge on any atom is 0.254 e. The number of rotatable bonds is 7. The Kier molecular flexibility index (Phi) is 7.78. The molecule has 10 heteroatoms. The standard InChI is InChI=1S/C26H20ClFN4O3S/c1-15-23(25(34)32-18-9-7-17(28)8-10-18)24(21-6-3-11-35-21)20(13-29)26(30-15)36-14-22(33)31-19-5-2-4-16(27)12-19/h2-12,24,30H,14H2,1H3,(H,31,33)(H,32,34)/t24-/m0/s1. The lowest BCUT2D eigenvalue weighted by molar-refractivity contribution is -0.114. The zero-order valence-electron chi connectivity index (χ0n) is 19.0. The first-order valence-electron chi connectivity index (χ1n) is 10.8. The van der Waals surface area contributed by atoms with Crippen LogP contribution in [-0.4, -0.2) is 17.6 Å². The van der Waals surface area contributed by atoms with Crippen molar-refractivity contribution >= 4 is 46.6 Å². The van der Waals surface area contributed by atoms with E-state index < -0.39 is 17.6 Å². The van der Waals surface area contributed by atoms with Crippen LogP contribution < -0.4 is 16.0 Å². The van der Waals surface area contributed by atoms with Crippen LogP contribution in [0.5, 0.6) is 0 Å². The molecule has 1 aliphatic heterocycles. The van der Waals surface area contributed by atoms with Crippen molar-refractivity contribution < 1.29 is 18.4 Å². The minimum atomic E-state index is -0.801. The van der Waals surface area contributed by atoms with Crippen LogP contribution in [0.25, 0.3) is 0 Å². The molecular formula is C26H20ClFN4O3S. The van der Waals surface area contributed by atoms with E-state index in [4.69, 9.17) is 16.0 Å². The summed E-state index contributed by atoms with van der Waals surface area (Å²) < 4.78 is 18.9. The van der Waals surface area contributed by atoms with Crippen LogP contribution in [0.1, 0.15) is 18.6 Å². The van der Waals surface area contributed by atoms with Crippen LogP contribution in [0, 0.1) is 17.1 Å². The largest absolute Gasteiger partial charge is 0.468 e. The summed E-state index contributed by atoms with van der Waals surface area (Å²) in [5, 5.41) is 19.6. The number of carbonyl (C=O) groups excluding carboxylic acids is 2. The topological polar surface area (TPSA) is 107 Å². The van der Waals surface area contributed by atoms with E-state index in [2.05, 4.69) is 22.0 Å². The summed E-state index contributed by atoms with van der Waals surface area (Å²) in [5.41, 5.74) is 1.97. The van der Waals surface area contributed by atoms with E-state index in [9.17, 15) is 19.2 Å². The SMILES string of the molecule is CC1=C(C(=O)Nc2ccc(F)cc2)[C@H](c2ccco2)C(C#N)=C(SCC(=O)Nc2cccc(Cl)c2)N1. The monoisotopic (exact) mass is 522 g/mol. The van der Waals surface area contributed by atoms with E-state index in [0.29, 0.717) is 32.9 Å². The average molecular weight is 523 g/mol. The first-order valence-corrected chi connectivity index (χ1v) is 12.1. The number of dihydropyridines is 1. The lowest BCUT2D eigenvalue weighted by atomic mass is 9.85. The number of carbonyl (C=O) groups is 2.